The molecule has 4 aliphatic rings. The highest BCUT2D eigenvalue weighted by Gasteiger charge is 2.63. The Morgan fingerprint density at radius 3 is 2.00 bits per heavy atom. The van der Waals surface area contributed by atoms with Gasteiger partial charge in [0.25, 0.3) is 0 Å². The summed E-state index contributed by atoms with van der Waals surface area (Å²) in [6.07, 6.45) is 11.2. The van der Waals surface area contributed by atoms with Gasteiger partial charge in [0.2, 0.25) is 0 Å². The van der Waals surface area contributed by atoms with Crippen molar-refractivity contribution >= 4 is 22.3 Å². The average Bonchev–Trinajstić information content (AvgIpc) is 3.04. The highest BCUT2D eigenvalue weighted by molar-refractivity contribution is 6.70. The molecule has 196 valence electrons. The summed E-state index contributed by atoms with van der Waals surface area (Å²) in [6.45, 7) is 21.6. The number of nitrogens with zero attached hydrogens (tertiary/aromatic N) is 1. The van der Waals surface area contributed by atoms with E-state index in [4.69, 9.17) is 13.7 Å². The van der Waals surface area contributed by atoms with Crippen LogP contribution < -0.4 is 0 Å². The lowest BCUT2D eigenvalue weighted by atomic mass is 9.44. The van der Waals surface area contributed by atoms with Gasteiger partial charge in [0.05, 0.1) is 5.71 Å². The molecule has 4 rings (SSSR count). The lowest BCUT2D eigenvalue weighted by Crippen LogP contribution is -2.60. The predicted molar refractivity (Wildman–Crippen MR) is 147 cm³/mol. The maximum Gasteiger partial charge on any atom is 0.184 e. The molecular formula is C28H53NO3Si2. The highest BCUT2D eigenvalue weighted by Crippen LogP contribution is 2.68. The molecule has 0 amide bonds. The molecule has 4 saturated carbocycles. The van der Waals surface area contributed by atoms with Gasteiger partial charge in [-0.15, -0.1) is 0 Å². The lowest BCUT2D eigenvalue weighted by Gasteiger charge is -2.63. The van der Waals surface area contributed by atoms with Crippen molar-refractivity contribution in [3.8, 4) is 0 Å². The summed E-state index contributed by atoms with van der Waals surface area (Å²) in [6, 6.07) is 0. The number of rotatable bonds is 6. The molecular weight excluding hydrogens is 454 g/mol. The van der Waals surface area contributed by atoms with Crippen molar-refractivity contribution in [2.45, 2.75) is 124 Å². The summed E-state index contributed by atoms with van der Waals surface area (Å²) in [5.41, 5.74) is 1.96. The van der Waals surface area contributed by atoms with Crippen LogP contribution >= 0.6 is 0 Å². The van der Waals surface area contributed by atoms with E-state index in [2.05, 4.69) is 65.2 Å². The van der Waals surface area contributed by atoms with Crippen molar-refractivity contribution in [2.24, 2.45) is 45.6 Å². The Kier molecular flexibility index (Phi) is 7.34. The molecule has 3 unspecified atom stereocenters. The van der Waals surface area contributed by atoms with Gasteiger partial charge in [-0.2, -0.15) is 0 Å². The molecule has 0 spiro atoms. The Hall–Kier alpha value is -0.176. The summed E-state index contributed by atoms with van der Waals surface area (Å²) in [5, 5.41) is 4.41. The Morgan fingerprint density at radius 2 is 1.38 bits per heavy atom. The van der Waals surface area contributed by atoms with E-state index in [1.54, 1.807) is 7.11 Å². The minimum Gasteiger partial charge on any atom is -0.415 e. The first-order valence-electron chi connectivity index (χ1n) is 14.1. The first-order valence-corrected chi connectivity index (χ1v) is 20.9. The van der Waals surface area contributed by atoms with E-state index in [-0.39, 0.29) is 0 Å². The van der Waals surface area contributed by atoms with Crippen LogP contribution in [0.5, 0.6) is 0 Å². The lowest BCUT2D eigenvalue weighted by molar-refractivity contribution is -0.163. The Balaban J connectivity index is 1.64. The van der Waals surface area contributed by atoms with Gasteiger partial charge in [-0.3, -0.25) is 0 Å². The van der Waals surface area contributed by atoms with Gasteiger partial charge < -0.3 is 13.7 Å². The third kappa shape index (κ3) is 4.99. The fourth-order valence-electron chi connectivity index (χ4n) is 9.32. The second-order valence-electron chi connectivity index (χ2n) is 14.7. The molecule has 0 bridgehead atoms. The number of hydrogen-bond acceptors (Lipinski definition) is 4. The number of fused-ring (bicyclic) bond motifs is 5. The molecule has 34 heavy (non-hydrogen) atoms. The molecule has 9 atom stereocenters. The van der Waals surface area contributed by atoms with Gasteiger partial charge in [0.1, 0.15) is 7.11 Å². The summed E-state index contributed by atoms with van der Waals surface area (Å²) >= 11 is 0. The van der Waals surface area contributed by atoms with Crippen LogP contribution in [-0.4, -0.2) is 41.7 Å². The van der Waals surface area contributed by atoms with Gasteiger partial charge in [0.15, 0.2) is 16.6 Å². The zero-order valence-corrected chi connectivity index (χ0v) is 25.9. The number of oxime groups is 1. The molecule has 0 aromatic heterocycles. The molecule has 0 heterocycles. The van der Waals surface area contributed by atoms with Gasteiger partial charge in [-0.1, -0.05) is 19.0 Å². The molecule has 4 nitrogen and oxygen atoms in total. The second kappa shape index (κ2) is 9.29. The Labute approximate surface area is 212 Å². The summed E-state index contributed by atoms with van der Waals surface area (Å²) in [7, 11) is -1.48. The van der Waals surface area contributed by atoms with Crippen LogP contribution in [0.15, 0.2) is 5.16 Å². The largest absolute Gasteiger partial charge is 0.415 e. The van der Waals surface area contributed by atoms with Crippen LogP contribution in [0.3, 0.4) is 0 Å². The van der Waals surface area contributed by atoms with E-state index in [0.717, 1.165) is 17.8 Å². The number of hydrogen-bond donors (Lipinski definition) is 0. The van der Waals surface area contributed by atoms with Gasteiger partial charge in [-0.05, 0) is 132 Å². The third-order valence-electron chi connectivity index (χ3n) is 10.4. The fourth-order valence-corrected chi connectivity index (χ4v) is 11.7. The van der Waals surface area contributed by atoms with Crippen LogP contribution in [0.25, 0.3) is 0 Å². The van der Waals surface area contributed by atoms with E-state index in [1.165, 1.54) is 57.1 Å². The Bertz CT molecular complexity index is 775. The summed E-state index contributed by atoms with van der Waals surface area (Å²) in [4.78, 5) is 5.21. The molecule has 0 aromatic carbocycles. The second-order valence-corrected chi connectivity index (χ2v) is 23.6. The molecule has 4 fully saturated rings. The maximum atomic E-state index is 7.09. The normalized spacial score (nSPS) is 45.4. The predicted octanol–water partition coefficient (Wildman–Crippen LogP) is 7.72. The monoisotopic (exact) mass is 507 g/mol. The van der Waals surface area contributed by atoms with Crippen LogP contribution in [0, 0.1) is 40.4 Å². The van der Waals surface area contributed by atoms with Crippen molar-refractivity contribution in [3.05, 3.63) is 0 Å². The molecule has 4 aliphatic carbocycles. The van der Waals surface area contributed by atoms with Gasteiger partial charge >= 0.3 is 0 Å². The molecule has 0 aliphatic heterocycles. The average molecular weight is 508 g/mol. The smallest absolute Gasteiger partial charge is 0.184 e. The first kappa shape index (κ1) is 26.9. The minimum absolute atomic E-state index is 0.359. The van der Waals surface area contributed by atoms with Crippen LogP contribution in [-0.2, 0) is 13.7 Å². The third-order valence-corrected chi connectivity index (χ3v) is 12.4. The first-order chi connectivity index (χ1) is 15.7. The van der Waals surface area contributed by atoms with Crippen LogP contribution in [0.1, 0.15) is 72.1 Å². The SMILES string of the molecule is CO/N=C(\C)[C@H]1CC[C@H]2[C@@H]3CC(O[Si](C)(C)C)C4CC(O[Si](C)(C)C)CC[C@]4(C)[C@H]3CC[C@]12C. The van der Waals surface area contributed by atoms with E-state index < -0.39 is 16.6 Å². The molecule has 0 saturated heterocycles. The highest BCUT2D eigenvalue weighted by atomic mass is 28.4. The van der Waals surface area contributed by atoms with Crippen molar-refractivity contribution in [1.82, 2.24) is 0 Å². The standard InChI is InChI=1S/C28H53NO3Si2/c1-19(29-30-4)22-11-12-23-21-18-26(32-34(8,9)10)25-17-20(31-33(5,6)7)13-15-28(25,3)24(21)14-16-27(22,23)2/h20-26H,11-18H2,1-10H3/b29-19+/t20?,21-,22+,23-,24-,25?,26?,27+,28+/m0/s1. The zero-order chi connectivity index (χ0) is 25.1. The zero-order valence-electron chi connectivity index (χ0n) is 23.9. The van der Waals surface area contributed by atoms with E-state index >= 15 is 0 Å². The molecule has 0 aromatic rings. The minimum atomic E-state index is -1.64. The molecule has 0 N–H and O–H groups in total. The van der Waals surface area contributed by atoms with Crippen LogP contribution in [0.2, 0.25) is 39.3 Å². The summed E-state index contributed by atoms with van der Waals surface area (Å²) < 4.78 is 13.8. The van der Waals surface area contributed by atoms with E-state index in [0.29, 0.717) is 34.9 Å². The Morgan fingerprint density at radius 1 is 0.765 bits per heavy atom. The topological polar surface area (TPSA) is 40.0 Å². The summed E-state index contributed by atoms with van der Waals surface area (Å²) in [5.74, 6) is 3.63. The molecule has 0 radical (unpaired) electrons. The molecule has 6 heteroatoms. The van der Waals surface area contributed by atoms with Crippen molar-refractivity contribution < 1.29 is 13.7 Å². The van der Waals surface area contributed by atoms with Crippen LogP contribution in [0.4, 0.5) is 0 Å². The van der Waals surface area contributed by atoms with Crippen molar-refractivity contribution in [3.63, 3.8) is 0 Å². The van der Waals surface area contributed by atoms with Crippen molar-refractivity contribution in [2.75, 3.05) is 7.11 Å². The van der Waals surface area contributed by atoms with Gasteiger partial charge in [-0.25, -0.2) is 0 Å². The van der Waals surface area contributed by atoms with Crippen molar-refractivity contribution in [1.29, 1.82) is 0 Å². The van der Waals surface area contributed by atoms with E-state index in [9.17, 15) is 0 Å². The fraction of sp³-hybridized carbons (Fsp3) is 0.964. The quantitative estimate of drug-likeness (QED) is 0.210. The van der Waals surface area contributed by atoms with E-state index in [1.807, 2.05) is 0 Å². The maximum absolute atomic E-state index is 7.09. The van der Waals surface area contributed by atoms with Gasteiger partial charge in [0, 0.05) is 18.1 Å².